The van der Waals surface area contributed by atoms with Gasteiger partial charge in [0.2, 0.25) is 5.95 Å². The Hall–Kier alpha value is -3.69. The minimum absolute atomic E-state index is 0.136. The van der Waals surface area contributed by atoms with Gasteiger partial charge in [-0.25, -0.2) is 24.4 Å². The summed E-state index contributed by atoms with van der Waals surface area (Å²) in [6.45, 7) is 2.13. The van der Waals surface area contributed by atoms with Crippen LogP contribution in [0.25, 0.3) is 0 Å². The number of carbonyl (C=O) groups excluding carboxylic acids is 3. The fourth-order valence-corrected chi connectivity index (χ4v) is 2.94. The number of piperazine rings is 1. The molecule has 2 heterocycles. The molecule has 0 bridgehead atoms. The lowest BCUT2D eigenvalue weighted by molar-refractivity contribution is 0.0599. The quantitative estimate of drug-likeness (QED) is 0.768. The van der Waals surface area contributed by atoms with E-state index in [1.807, 2.05) is 4.90 Å². The van der Waals surface area contributed by atoms with Crippen LogP contribution >= 0.6 is 0 Å². The molecule has 1 aromatic carbocycles. The third-order valence-corrected chi connectivity index (χ3v) is 4.43. The summed E-state index contributed by atoms with van der Waals surface area (Å²) in [5.41, 5.74) is 0.570. The third kappa shape index (κ3) is 4.78. The van der Waals surface area contributed by atoms with Gasteiger partial charge in [0.1, 0.15) is 0 Å². The lowest BCUT2D eigenvalue weighted by Gasteiger charge is -2.34. The number of nitrogens with one attached hydrogen (secondary N) is 1. The Balaban J connectivity index is 1.68. The van der Waals surface area contributed by atoms with Gasteiger partial charge in [0, 0.05) is 44.3 Å². The molecule has 0 saturated carbocycles. The third-order valence-electron chi connectivity index (χ3n) is 4.43. The van der Waals surface area contributed by atoms with E-state index >= 15 is 0 Å². The van der Waals surface area contributed by atoms with Crippen molar-refractivity contribution in [3.8, 4) is 0 Å². The van der Waals surface area contributed by atoms with Crippen LogP contribution in [-0.4, -0.2) is 73.2 Å². The highest BCUT2D eigenvalue weighted by molar-refractivity contribution is 5.99. The number of esters is 2. The molecule has 3 rings (SSSR count). The Morgan fingerprint density at radius 1 is 0.897 bits per heavy atom. The average Bonchev–Trinajstić information content (AvgIpc) is 2.78. The summed E-state index contributed by atoms with van der Waals surface area (Å²) < 4.78 is 9.41. The summed E-state index contributed by atoms with van der Waals surface area (Å²) in [6.07, 6.45) is 3.35. The maximum absolute atomic E-state index is 12.6. The number of hydrogen-bond donors (Lipinski definition) is 1. The summed E-state index contributed by atoms with van der Waals surface area (Å²) >= 11 is 0. The minimum atomic E-state index is -0.622. The van der Waals surface area contributed by atoms with Gasteiger partial charge in [-0.2, -0.15) is 0 Å². The topological polar surface area (TPSA) is 114 Å². The van der Waals surface area contributed by atoms with Gasteiger partial charge in [-0.1, -0.05) is 0 Å². The Morgan fingerprint density at radius 3 is 1.97 bits per heavy atom. The van der Waals surface area contributed by atoms with Crippen LogP contribution in [0.5, 0.6) is 0 Å². The molecular weight excluding hydrogens is 378 g/mol. The molecule has 1 N–H and O–H groups in total. The maximum Gasteiger partial charge on any atom is 0.337 e. The Labute approximate surface area is 167 Å². The SMILES string of the molecule is COC(=O)c1cc(NC(=O)N2CCN(c3ncccn3)CC2)cc(C(=O)OC)c1. The van der Waals surface area contributed by atoms with Gasteiger partial charge in [-0.15, -0.1) is 0 Å². The number of methoxy groups -OCH3 is 2. The molecule has 10 heteroatoms. The molecule has 0 aliphatic carbocycles. The zero-order valence-electron chi connectivity index (χ0n) is 16.1. The van der Waals surface area contributed by atoms with E-state index in [1.165, 1.54) is 32.4 Å². The number of amides is 2. The zero-order chi connectivity index (χ0) is 20.8. The van der Waals surface area contributed by atoms with Gasteiger partial charge >= 0.3 is 18.0 Å². The van der Waals surface area contributed by atoms with Crippen molar-refractivity contribution in [2.45, 2.75) is 0 Å². The number of anilines is 2. The molecular formula is C19H21N5O5. The van der Waals surface area contributed by atoms with Gasteiger partial charge in [-0.3, -0.25) is 0 Å². The Morgan fingerprint density at radius 2 is 1.45 bits per heavy atom. The van der Waals surface area contributed by atoms with Crippen molar-refractivity contribution in [1.82, 2.24) is 14.9 Å². The predicted octanol–water partition coefficient (Wildman–Crippen LogP) is 1.40. The van der Waals surface area contributed by atoms with Crippen LogP contribution in [0.3, 0.4) is 0 Å². The standard InChI is InChI=1S/C19H21N5O5/c1-28-16(25)13-10-14(17(26)29-2)12-15(11-13)22-19(27)24-8-6-23(7-9-24)18-20-4-3-5-21-18/h3-5,10-12H,6-9H2,1-2H3,(H,22,27). The van der Waals surface area contributed by atoms with Gasteiger partial charge in [0.15, 0.2) is 0 Å². The number of rotatable bonds is 4. The molecule has 1 aliphatic rings. The van der Waals surface area contributed by atoms with Gasteiger partial charge in [-0.05, 0) is 24.3 Å². The van der Waals surface area contributed by atoms with Crippen molar-refractivity contribution in [2.75, 3.05) is 50.6 Å². The maximum atomic E-state index is 12.6. The van der Waals surface area contributed by atoms with Crippen molar-refractivity contribution in [2.24, 2.45) is 0 Å². The van der Waals surface area contributed by atoms with E-state index in [-0.39, 0.29) is 17.2 Å². The molecule has 2 amide bonds. The number of nitrogens with zero attached hydrogens (tertiary/aromatic N) is 4. The number of hydrogen-bond acceptors (Lipinski definition) is 8. The molecule has 1 saturated heterocycles. The van der Waals surface area contributed by atoms with Crippen LogP contribution in [0.1, 0.15) is 20.7 Å². The lowest BCUT2D eigenvalue weighted by atomic mass is 10.1. The van der Waals surface area contributed by atoms with Crippen LogP contribution in [0.4, 0.5) is 16.4 Å². The zero-order valence-corrected chi connectivity index (χ0v) is 16.1. The summed E-state index contributed by atoms with van der Waals surface area (Å²) in [4.78, 5) is 48.5. The summed E-state index contributed by atoms with van der Waals surface area (Å²) in [6, 6.07) is 5.66. The van der Waals surface area contributed by atoms with E-state index in [1.54, 1.807) is 23.4 Å². The number of urea groups is 1. The molecule has 1 fully saturated rings. The Kier molecular flexibility index (Phi) is 6.22. The van der Waals surface area contributed by atoms with E-state index in [0.29, 0.717) is 37.8 Å². The smallest absolute Gasteiger partial charge is 0.337 e. The van der Waals surface area contributed by atoms with Crippen LogP contribution in [0, 0.1) is 0 Å². The lowest BCUT2D eigenvalue weighted by Crippen LogP contribution is -2.50. The van der Waals surface area contributed by atoms with E-state index in [2.05, 4.69) is 15.3 Å². The van der Waals surface area contributed by atoms with E-state index in [4.69, 9.17) is 9.47 Å². The second kappa shape index (κ2) is 9.00. The van der Waals surface area contributed by atoms with Crippen LogP contribution in [0.15, 0.2) is 36.7 Å². The molecule has 0 radical (unpaired) electrons. The second-order valence-corrected chi connectivity index (χ2v) is 6.24. The largest absolute Gasteiger partial charge is 0.465 e. The predicted molar refractivity (Wildman–Crippen MR) is 104 cm³/mol. The van der Waals surface area contributed by atoms with Crippen molar-refractivity contribution >= 4 is 29.6 Å². The normalized spacial score (nSPS) is 13.6. The average molecular weight is 399 g/mol. The van der Waals surface area contributed by atoms with Crippen molar-refractivity contribution in [3.05, 3.63) is 47.8 Å². The highest BCUT2D eigenvalue weighted by atomic mass is 16.5. The first-order valence-corrected chi connectivity index (χ1v) is 8.91. The summed E-state index contributed by atoms with van der Waals surface area (Å²) in [7, 11) is 2.47. The van der Waals surface area contributed by atoms with E-state index in [9.17, 15) is 14.4 Å². The van der Waals surface area contributed by atoms with Crippen LogP contribution < -0.4 is 10.2 Å². The molecule has 0 unspecified atom stereocenters. The molecule has 2 aromatic rings. The first-order valence-electron chi connectivity index (χ1n) is 8.91. The van der Waals surface area contributed by atoms with E-state index in [0.717, 1.165) is 0 Å². The number of aromatic nitrogens is 2. The van der Waals surface area contributed by atoms with Gasteiger partial charge < -0.3 is 24.6 Å². The molecule has 29 heavy (non-hydrogen) atoms. The molecule has 1 aliphatic heterocycles. The first kappa shape index (κ1) is 20.1. The fourth-order valence-electron chi connectivity index (χ4n) is 2.94. The van der Waals surface area contributed by atoms with Gasteiger partial charge in [0.05, 0.1) is 25.3 Å². The summed E-state index contributed by atoms with van der Waals surface area (Å²) in [5, 5.41) is 2.73. The Bertz CT molecular complexity index is 863. The monoisotopic (exact) mass is 399 g/mol. The van der Waals surface area contributed by atoms with Crippen molar-refractivity contribution in [1.29, 1.82) is 0 Å². The molecule has 10 nitrogen and oxygen atoms in total. The molecule has 152 valence electrons. The molecule has 0 spiro atoms. The fraction of sp³-hybridized carbons (Fsp3) is 0.316. The van der Waals surface area contributed by atoms with Crippen LogP contribution in [0.2, 0.25) is 0 Å². The van der Waals surface area contributed by atoms with E-state index < -0.39 is 11.9 Å². The first-order chi connectivity index (χ1) is 14.0. The molecule has 0 atom stereocenters. The minimum Gasteiger partial charge on any atom is -0.465 e. The number of ether oxygens (including phenoxy) is 2. The van der Waals surface area contributed by atoms with Crippen LogP contribution in [-0.2, 0) is 9.47 Å². The number of benzene rings is 1. The van der Waals surface area contributed by atoms with Crippen molar-refractivity contribution < 1.29 is 23.9 Å². The number of carbonyl (C=O) groups is 3. The summed E-state index contributed by atoms with van der Waals surface area (Å²) in [5.74, 6) is -0.619. The second-order valence-electron chi connectivity index (χ2n) is 6.24. The molecule has 1 aromatic heterocycles. The highest BCUT2D eigenvalue weighted by Gasteiger charge is 2.23. The highest BCUT2D eigenvalue weighted by Crippen LogP contribution is 2.18. The van der Waals surface area contributed by atoms with Gasteiger partial charge in [0.25, 0.3) is 0 Å². The van der Waals surface area contributed by atoms with Crippen molar-refractivity contribution in [3.63, 3.8) is 0 Å².